The topological polar surface area (TPSA) is 51.4 Å². The lowest BCUT2D eigenvalue weighted by atomic mass is 10.1. The van der Waals surface area contributed by atoms with Crippen molar-refractivity contribution in [3.63, 3.8) is 0 Å². The quantitative estimate of drug-likeness (QED) is 0.691. The van der Waals surface area contributed by atoms with Crippen molar-refractivity contribution >= 4 is 27.0 Å². The molecule has 27 heavy (non-hydrogen) atoms. The fourth-order valence-corrected chi connectivity index (χ4v) is 4.11. The molecule has 7 heteroatoms. The Hall–Kier alpha value is -2.09. The number of hydrogen-bond donors (Lipinski definition) is 1. The van der Waals surface area contributed by atoms with Gasteiger partial charge in [-0.2, -0.15) is 0 Å². The van der Waals surface area contributed by atoms with Crippen molar-refractivity contribution in [1.82, 2.24) is 19.4 Å². The summed E-state index contributed by atoms with van der Waals surface area (Å²) in [5, 5.41) is 3.44. The maximum Gasteiger partial charge on any atom is 0.330 e. The highest BCUT2D eigenvalue weighted by Gasteiger charge is 2.27. The van der Waals surface area contributed by atoms with Crippen molar-refractivity contribution in [2.75, 3.05) is 26.7 Å². The van der Waals surface area contributed by atoms with E-state index in [1.54, 1.807) is 11.7 Å². The third-order valence-electron chi connectivity index (χ3n) is 5.22. The van der Waals surface area contributed by atoms with Crippen LogP contribution >= 0.6 is 15.9 Å². The number of nitrogens with one attached hydrogen (secondary N) is 1. The lowest BCUT2D eigenvalue weighted by Gasteiger charge is -2.36. The van der Waals surface area contributed by atoms with Crippen LogP contribution in [0.4, 0.5) is 0 Å². The van der Waals surface area contributed by atoms with Crippen LogP contribution in [0.3, 0.4) is 0 Å². The fraction of sp³-hybridized carbons (Fsp3) is 0.350. The molecule has 1 N–H and O–H groups in total. The monoisotopic (exact) mass is 430 g/mol. The third-order valence-corrected chi connectivity index (χ3v) is 5.71. The number of imidazole rings is 1. The number of benzene rings is 2. The van der Waals surface area contributed by atoms with E-state index in [0.717, 1.165) is 47.4 Å². The number of nitrogens with zero attached hydrogens (tertiary/aromatic N) is 3. The Morgan fingerprint density at radius 3 is 2.70 bits per heavy atom. The summed E-state index contributed by atoms with van der Waals surface area (Å²) in [7, 11) is 3.50. The number of methoxy groups -OCH3 is 1. The molecule has 6 nitrogen and oxygen atoms in total. The van der Waals surface area contributed by atoms with Gasteiger partial charge in [-0.1, -0.05) is 28.1 Å². The zero-order valence-corrected chi connectivity index (χ0v) is 17.1. The molecule has 1 fully saturated rings. The third kappa shape index (κ3) is 3.42. The highest BCUT2D eigenvalue weighted by atomic mass is 79.9. The second kappa shape index (κ2) is 7.50. The Kier molecular flexibility index (Phi) is 5.08. The molecule has 1 aliphatic rings. The number of ether oxygens (including phenoxy) is 1. The van der Waals surface area contributed by atoms with Crippen LogP contribution in [0, 0.1) is 0 Å². The molecule has 1 aromatic heterocycles. The van der Waals surface area contributed by atoms with Gasteiger partial charge in [0, 0.05) is 37.7 Å². The van der Waals surface area contributed by atoms with E-state index >= 15 is 0 Å². The molecule has 0 radical (unpaired) electrons. The van der Waals surface area contributed by atoms with E-state index in [2.05, 4.69) is 38.3 Å². The molecule has 4 rings (SSSR count). The van der Waals surface area contributed by atoms with Crippen molar-refractivity contribution < 1.29 is 4.74 Å². The molecule has 1 atom stereocenters. The lowest BCUT2D eigenvalue weighted by Crippen LogP contribution is -2.50. The molecule has 2 heterocycles. The van der Waals surface area contributed by atoms with Crippen LogP contribution in [-0.4, -0.2) is 40.8 Å². The maximum absolute atomic E-state index is 13.0. The largest absolute Gasteiger partial charge is 0.497 e. The van der Waals surface area contributed by atoms with E-state index in [4.69, 9.17) is 4.74 Å². The molecule has 2 aromatic carbocycles. The first-order valence-electron chi connectivity index (χ1n) is 9.02. The van der Waals surface area contributed by atoms with Gasteiger partial charge in [-0.3, -0.25) is 14.0 Å². The predicted molar refractivity (Wildman–Crippen MR) is 110 cm³/mol. The summed E-state index contributed by atoms with van der Waals surface area (Å²) < 4.78 is 9.86. The van der Waals surface area contributed by atoms with Crippen LogP contribution in [0.15, 0.2) is 51.7 Å². The van der Waals surface area contributed by atoms with Crippen LogP contribution in [0.25, 0.3) is 11.0 Å². The molecule has 1 saturated heterocycles. The first-order valence-corrected chi connectivity index (χ1v) is 9.82. The molecule has 0 saturated carbocycles. The fourth-order valence-electron chi connectivity index (χ4n) is 3.76. The summed E-state index contributed by atoms with van der Waals surface area (Å²) in [4.78, 5) is 15.4. The molecule has 0 amide bonds. The number of halogens is 1. The Morgan fingerprint density at radius 2 is 1.96 bits per heavy atom. The van der Waals surface area contributed by atoms with Gasteiger partial charge >= 0.3 is 5.69 Å². The average Bonchev–Trinajstić information content (AvgIpc) is 2.93. The van der Waals surface area contributed by atoms with Crippen LogP contribution < -0.4 is 15.7 Å². The van der Waals surface area contributed by atoms with E-state index < -0.39 is 0 Å². The van der Waals surface area contributed by atoms with Crippen LogP contribution in [0.1, 0.15) is 11.7 Å². The summed E-state index contributed by atoms with van der Waals surface area (Å²) in [5.41, 5.74) is 3.11. The molecule has 3 aromatic rings. The number of aromatic nitrogens is 2. The Bertz CT molecular complexity index is 1010. The van der Waals surface area contributed by atoms with E-state index in [1.807, 2.05) is 41.9 Å². The van der Waals surface area contributed by atoms with Gasteiger partial charge in [-0.25, -0.2) is 4.79 Å². The predicted octanol–water partition coefficient (Wildman–Crippen LogP) is 2.72. The SMILES string of the molecule is COc1ccc(CN2CCNCC2n2c(=O)n(C)c3cc(Br)ccc32)cc1. The van der Waals surface area contributed by atoms with Crippen LogP contribution in [0.5, 0.6) is 5.75 Å². The maximum atomic E-state index is 13.0. The van der Waals surface area contributed by atoms with Gasteiger partial charge in [0.25, 0.3) is 0 Å². The molecule has 0 aliphatic carbocycles. The highest BCUT2D eigenvalue weighted by Crippen LogP contribution is 2.25. The Balaban J connectivity index is 1.71. The summed E-state index contributed by atoms with van der Waals surface area (Å²) >= 11 is 3.51. The Labute approximate surface area is 166 Å². The number of aryl methyl sites for hydroxylation is 1. The van der Waals surface area contributed by atoms with Gasteiger partial charge in [-0.05, 0) is 35.9 Å². The van der Waals surface area contributed by atoms with E-state index in [-0.39, 0.29) is 11.9 Å². The first kappa shape index (κ1) is 18.3. The molecule has 142 valence electrons. The van der Waals surface area contributed by atoms with Gasteiger partial charge in [0.05, 0.1) is 18.1 Å². The molecule has 0 bridgehead atoms. The molecule has 1 unspecified atom stereocenters. The van der Waals surface area contributed by atoms with Gasteiger partial charge in [-0.15, -0.1) is 0 Å². The smallest absolute Gasteiger partial charge is 0.330 e. The highest BCUT2D eigenvalue weighted by molar-refractivity contribution is 9.10. The number of rotatable bonds is 4. The van der Waals surface area contributed by atoms with Gasteiger partial charge in [0.15, 0.2) is 0 Å². The summed E-state index contributed by atoms with van der Waals surface area (Å²) in [6.07, 6.45) is -0.0294. The van der Waals surface area contributed by atoms with Crippen molar-refractivity contribution in [1.29, 1.82) is 0 Å². The number of hydrogen-bond acceptors (Lipinski definition) is 4. The van der Waals surface area contributed by atoms with Crippen LogP contribution in [-0.2, 0) is 13.6 Å². The standard InChI is InChI=1S/C20H23BrN4O2/c1-23-18-11-15(21)5-8-17(18)25(20(23)26)19-12-22-9-10-24(19)13-14-3-6-16(27-2)7-4-14/h3-8,11,19,22H,9-10,12-13H2,1-2H3. The minimum absolute atomic E-state index is 0.0107. The normalized spacial score (nSPS) is 18.1. The zero-order chi connectivity index (χ0) is 19.0. The van der Waals surface area contributed by atoms with Gasteiger partial charge < -0.3 is 10.1 Å². The van der Waals surface area contributed by atoms with Crippen molar-refractivity contribution in [2.24, 2.45) is 7.05 Å². The second-order valence-electron chi connectivity index (χ2n) is 6.85. The Morgan fingerprint density at radius 1 is 1.19 bits per heavy atom. The van der Waals surface area contributed by atoms with Crippen molar-refractivity contribution in [3.05, 3.63) is 63.0 Å². The minimum Gasteiger partial charge on any atom is -0.497 e. The number of fused-ring (bicyclic) bond motifs is 1. The molecular formula is C20H23BrN4O2. The van der Waals surface area contributed by atoms with E-state index in [9.17, 15) is 4.79 Å². The van der Waals surface area contributed by atoms with E-state index in [0.29, 0.717) is 0 Å². The van der Waals surface area contributed by atoms with Crippen molar-refractivity contribution in [2.45, 2.75) is 12.7 Å². The summed E-state index contributed by atoms with van der Waals surface area (Å²) in [6, 6.07) is 14.1. The van der Waals surface area contributed by atoms with Gasteiger partial charge in [0.1, 0.15) is 11.9 Å². The van der Waals surface area contributed by atoms with E-state index in [1.165, 1.54) is 5.56 Å². The van der Waals surface area contributed by atoms with Crippen LogP contribution in [0.2, 0.25) is 0 Å². The van der Waals surface area contributed by atoms with Gasteiger partial charge in [0.2, 0.25) is 0 Å². The summed E-state index contributed by atoms with van der Waals surface area (Å²) in [6.45, 7) is 3.33. The summed E-state index contributed by atoms with van der Waals surface area (Å²) in [5.74, 6) is 0.853. The molecule has 0 spiro atoms. The molecule has 1 aliphatic heterocycles. The second-order valence-corrected chi connectivity index (χ2v) is 7.76. The van der Waals surface area contributed by atoms with Crippen molar-refractivity contribution in [3.8, 4) is 5.75 Å². The average molecular weight is 431 g/mol. The molecular weight excluding hydrogens is 408 g/mol. The lowest BCUT2D eigenvalue weighted by molar-refractivity contribution is 0.101. The minimum atomic E-state index is -0.0294. The zero-order valence-electron chi connectivity index (χ0n) is 15.5. The number of piperazine rings is 1. The first-order chi connectivity index (χ1) is 13.1.